The Labute approximate surface area is 102 Å². The predicted molar refractivity (Wildman–Crippen MR) is 70.8 cm³/mol. The SMILES string of the molecule is [C-]#[N+]c1cccc(-c2cc(C)cc(CN)c2)c1. The van der Waals surface area contributed by atoms with E-state index in [0.29, 0.717) is 12.2 Å². The van der Waals surface area contributed by atoms with Crippen molar-refractivity contribution in [2.45, 2.75) is 13.5 Å². The first kappa shape index (κ1) is 11.4. The van der Waals surface area contributed by atoms with Gasteiger partial charge in [0.15, 0.2) is 5.69 Å². The number of aryl methyl sites for hydroxylation is 1. The van der Waals surface area contributed by atoms with Crippen LogP contribution in [0.25, 0.3) is 16.0 Å². The fourth-order valence-electron chi connectivity index (χ4n) is 1.90. The van der Waals surface area contributed by atoms with Crippen molar-refractivity contribution in [2.24, 2.45) is 5.73 Å². The van der Waals surface area contributed by atoms with Crippen LogP contribution in [-0.4, -0.2) is 0 Å². The van der Waals surface area contributed by atoms with Crippen LogP contribution in [0.2, 0.25) is 0 Å². The summed E-state index contributed by atoms with van der Waals surface area (Å²) in [6.45, 7) is 9.62. The Morgan fingerprint density at radius 2 is 1.94 bits per heavy atom. The number of nitrogens with two attached hydrogens (primary N) is 1. The molecule has 17 heavy (non-hydrogen) atoms. The van der Waals surface area contributed by atoms with E-state index in [-0.39, 0.29) is 0 Å². The van der Waals surface area contributed by atoms with Crippen LogP contribution in [0.5, 0.6) is 0 Å². The zero-order valence-electron chi connectivity index (χ0n) is 9.77. The fraction of sp³-hybridized carbons (Fsp3) is 0.133. The van der Waals surface area contributed by atoms with Crippen molar-refractivity contribution < 1.29 is 0 Å². The summed E-state index contributed by atoms with van der Waals surface area (Å²) >= 11 is 0. The lowest BCUT2D eigenvalue weighted by Gasteiger charge is -2.07. The number of benzene rings is 2. The van der Waals surface area contributed by atoms with Gasteiger partial charge in [0.05, 0.1) is 6.57 Å². The molecule has 2 aromatic rings. The van der Waals surface area contributed by atoms with Crippen LogP contribution in [0, 0.1) is 13.5 Å². The highest BCUT2D eigenvalue weighted by Crippen LogP contribution is 2.26. The van der Waals surface area contributed by atoms with Crippen LogP contribution in [0.4, 0.5) is 5.69 Å². The summed E-state index contributed by atoms with van der Waals surface area (Å²) in [7, 11) is 0. The number of rotatable bonds is 2. The van der Waals surface area contributed by atoms with E-state index in [1.807, 2.05) is 24.3 Å². The summed E-state index contributed by atoms with van der Waals surface area (Å²) in [4.78, 5) is 3.45. The Morgan fingerprint density at radius 3 is 2.65 bits per heavy atom. The highest BCUT2D eigenvalue weighted by atomic mass is 14.6. The van der Waals surface area contributed by atoms with Crippen LogP contribution in [0.15, 0.2) is 42.5 Å². The Kier molecular flexibility index (Phi) is 3.22. The summed E-state index contributed by atoms with van der Waals surface area (Å²) in [6.07, 6.45) is 0. The summed E-state index contributed by atoms with van der Waals surface area (Å²) in [6, 6.07) is 13.9. The van der Waals surface area contributed by atoms with Gasteiger partial charge in [-0.2, -0.15) is 0 Å². The Morgan fingerprint density at radius 1 is 1.12 bits per heavy atom. The van der Waals surface area contributed by atoms with Crippen LogP contribution in [-0.2, 0) is 6.54 Å². The third kappa shape index (κ3) is 2.52. The molecule has 0 radical (unpaired) electrons. The van der Waals surface area contributed by atoms with Gasteiger partial charge in [-0.3, -0.25) is 0 Å². The van der Waals surface area contributed by atoms with Crippen LogP contribution in [0.3, 0.4) is 0 Å². The monoisotopic (exact) mass is 222 g/mol. The van der Waals surface area contributed by atoms with E-state index in [4.69, 9.17) is 12.3 Å². The largest absolute Gasteiger partial charge is 0.326 e. The molecule has 0 aliphatic rings. The fourth-order valence-corrected chi connectivity index (χ4v) is 1.90. The molecule has 0 saturated heterocycles. The first-order chi connectivity index (χ1) is 8.22. The van der Waals surface area contributed by atoms with E-state index in [9.17, 15) is 0 Å². The van der Waals surface area contributed by atoms with E-state index in [1.54, 1.807) is 0 Å². The van der Waals surface area contributed by atoms with Crippen molar-refractivity contribution in [1.29, 1.82) is 0 Å². The topological polar surface area (TPSA) is 30.4 Å². The summed E-state index contributed by atoms with van der Waals surface area (Å²) < 4.78 is 0. The average molecular weight is 222 g/mol. The van der Waals surface area contributed by atoms with Crippen molar-refractivity contribution in [3.8, 4) is 11.1 Å². The molecular weight excluding hydrogens is 208 g/mol. The maximum atomic E-state index is 7.03. The molecule has 2 rings (SSSR count). The molecule has 0 heterocycles. The lowest BCUT2D eigenvalue weighted by atomic mass is 10.00. The van der Waals surface area contributed by atoms with E-state index in [0.717, 1.165) is 16.7 Å². The second kappa shape index (κ2) is 4.82. The molecular formula is C15H14N2. The third-order valence-corrected chi connectivity index (χ3v) is 2.68. The lowest BCUT2D eigenvalue weighted by Crippen LogP contribution is -1.97. The standard InChI is InChI=1S/C15H14N2/c1-11-6-12(10-16)8-14(7-11)13-4-3-5-15(9-13)17-2/h3-9H,10,16H2,1H3. The Balaban J connectivity index is 2.52. The zero-order valence-corrected chi connectivity index (χ0v) is 9.77. The molecule has 0 bridgehead atoms. The smallest absolute Gasteiger partial charge is 0.187 e. The van der Waals surface area contributed by atoms with Crippen molar-refractivity contribution in [3.05, 3.63) is 65.0 Å². The molecule has 84 valence electrons. The summed E-state index contributed by atoms with van der Waals surface area (Å²) in [5.74, 6) is 0. The third-order valence-electron chi connectivity index (χ3n) is 2.68. The van der Waals surface area contributed by atoms with Gasteiger partial charge < -0.3 is 5.73 Å². The molecule has 2 N–H and O–H groups in total. The van der Waals surface area contributed by atoms with Crippen molar-refractivity contribution in [1.82, 2.24) is 0 Å². The predicted octanol–water partition coefficient (Wildman–Crippen LogP) is 3.67. The van der Waals surface area contributed by atoms with Gasteiger partial charge in [-0.15, -0.1) is 0 Å². The molecule has 2 heteroatoms. The van der Waals surface area contributed by atoms with Crippen molar-refractivity contribution >= 4 is 5.69 Å². The number of hydrogen-bond donors (Lipinski definition) is 1. The van der Waals surface area contributed by atoms with E-state index < -0.39 is 0 Å². The van der Waals surface area contributed by atoms with Gasteiger partial charge in [-0.05, 0) is 35.7 Å². The van der Waals surface area contributed by atoms with Gasteiger partial charge in [-0.25, -0.2) is 4.85 Å². The van der Waals surface area contributed by atoms with E-state index in [2.05, 4.69) is 30.0 Å². The minimum absolute atomic E-state index is 0.539. The second-order valence-corrected chi connectivity index (χ2v) is 4.07. The van der Waals surface area contributed by atoms with Crippen LogP contribution >= 0.6 is 0 Å². The zero-order chi connectivity index (χ0) is 12.3. The molecule has 0 unspecified atom stereocenters. The molecule has 0 spiro atoms. The van der Waals surface area contributed by atoms with Crippen LogP contribution < -0.4 is 5.73 Å². The minimum atomic E-state index is 0.539. The van der Waals surface area contributed by atoms with Gasteiger partial charge in [-0.1, -0.05) is 35.9 Å². The van der Waals surface area contributed by atoms with Gasteiger partial charge in [0.2, 0.25) is 0 Å². The molecule has 0 atom stereocenters. The van der Waals surface area contributed by atoms with E-state index >= 15 is 0 Å². The normalized spacial score (nSPS) is 9.94. The van der Waals surface area contributed by atoms with E-state index in [1.165, 1.54) is 5.56 Å². The second-order valence-electron chi connectivity index (χ2n) is 4.07. The molecule has 2 aromatic carbocycles. The highest BCUT2D eigenvalue weighted by molar-refractivity contribution is 5.69. The highest BCUT2D eigenvalue weighted by Gasteiger charge is 2.01. The van der Waals surface area contributed by atoms with Gasteiger partial charge in [0.1, 0.15) is 0 Å². The first-order valence-electron chi connectivity index (χ1n) is 5.51. The van der Waals surface area contributed by atoms with Gasteiger partial charge in [0.25, 0.3) is 0 Å². The first-order valence-corrected chi connectivity index (χ1v) is 5.51. The summed E-state index contributed by atoms with van der Waals surface area (Å²) in [5, 5.41) is 0. The van der Waals surface area contributed by atoms with Gasteiger partial charge >= 0.3 is 0 Å². The molecule has 0 aromatic heterocycles. The maximum Gasteiger partial charge on any atom is 0.187 e. The quantitative estimate of drug-likeness (QED) is 0.772. The number of nitrogens with zero attached hydrogens (tertiary/aromatic N) is 1. The maximum absolute atomic E-state index is 7.03. The lowest BCUT2D eigenvalue weighted by molar-refractivity contribution is 1.07. The van der Waals surface area contributed by atoms with Crippen molar-refractivity contribution in [3.63, 3.8) is 0 Å². The summed E-state index contributed by atoms with van der Waals surface area (Å²) in [5.41, 5.74) is 10.8. The molecule has 0 fully saturated rings. The molecule has 0 aliphatic heterocycles. The van der Waals surface area contributed by atoms with Gasteiger partial charge in [0, 0.05) is 6.54 Å². The van der Waals surface area contributed by atoms with Crippen molar-refractivity contribution in [2.75, 3.05) is 0 Å². The Hall–Kier alpha value is -2.11. The molecule has 0 amide bonds. The molecule has 2 nitrogen and oxygen atoms in total. The van der Waals surface area contributed by atoms with Crippen LogP contribution in [0.1, 0.15) is 11.1 Å². The number of hydrogen-bond acceptors (Lipinski definition) is 1. The minimum Gasteiger partial charge on any atom is -0.326 e. The molecule has 0 aliphatic carbocycles. The Bertz CT molecular complexity index is 580. The molecule has 0 saturated carbocycles. The average Bonchev–Trinajstić information content (AvgIpc) is 2.38.